The Hall–Kier alpha value is -1.78. The fraction of sp³-hybridized carbons (Fsp3) is 0.476. The van der Waals surface area contributed by atoms with Crippen molar-refractivity contribution in [3.05, 3.63) is 58.9 Å². The van der Waals surface area contributed by atoms with Crippen molar-refractivity contribution in [1.29, 1.82) is 0 Å². The highest BCUT2D eigenvalue weighted by molar-refractivity contribution is 5.95. The number of amides is 1. The lowest BCUT2D eigenvalue weighted by atomic mass is 9.96. The second kappa shape index (κ2) is 9.24. The number of aromatic nitrogens is 1. The minimum Gasteiger partial charge on any atom is -0.344 e. The highest BCUT2D eigenvalue weighted by Crippen LogP contribution is 2.22. The summed E-state index contributed by atoms with van der Waals surface area (Å²) in [5.41, 5.74) is 4.34. The first-order chi connectivity index (χ1) is 12.1. The Labute approximate surface area is 163 Å². The van der Waals surface area contributed by atoms with E-state index in [1.807, 2.05) is 18.0 Å². The SMILES string of the molecule is CNCC1CCN(C(=O)c2cc(C)n(Cc3ccccc3)c2C)CC1.Cl. The van der Waals surface area contributed by atoms with Crippen LogP contribution in [0.25, 0.3) is 0 Å². The lowest BCUT2D eigenvalue weighted by Gasteiger charge is -2.32. The number of nitrogens with zero attached hydrogens (tertiary/aromatic N) is 2. The Balaban J connectivity index is 0.00000243. The summed E-state index contributed by atoms with van der Waals surface area (Å²) in [6.07, 6.45) is 2.19. The van der Waals surface area contributed by atoms with E-state index in [2.05, 4.69) is 54.1 Å². The van der Waals surface area contributed by atoms with Crippen molar-refractivity contribution in [2.75, 3.05) is 26.7 Å². The van der Waals surface area contributed by atoms with E-state index in [1.165, 1.54) is 5.56 Å². The standard InChI is InChI=1S/C21H29N3O.ClH/c1-16-13-20(17(2)24(16)15-19-7-5-4-6-8-19)21(25)23-11-9-18(10-12-23)14-22-3;/h4-8,13,18,22H,9-12,14-15H2,1-3H3;1H. The molecule has 4 nitrogen and oxygen atoms in total. The Kier molecular flexibility index (Phi) is 7.30. The van der Waals surface area contributed by atoms with Crippen molar-refractivity contribution in [2.45, 2.75) is 33.2 Å². The van der Waals surface area contributed by atoms with E-state index in [4.69, 9.17) is 0 Å². The van der Waals surface area contributed by atoms with E-state index in [-0.39, 0.29) is 18.3 Å². The first-order valence-electron chi connectivity index (χ1n) is 9.24. The minimum atomic E-state index is 0. The van der Waals surface area contributed by atoms with E-state index in [9.17, 15) is 4.79 Å². The Bertz CT molecular complexity index is 718. The molecule has 2 aromatic rings. The fourth-order valence-corrected chi connectivity index (χ4v) is 3.83. The lowest BCUT2D eigenvalue weighted by molar-refractivity contribution is 0.0690. The van der Waals surface area contributed by atoms with Gasteiger partial charge in [0, 0.05) is 31.0 Å². The number of piperidine rings is 1. The molecule has 0 aliphatic carbocycles. The van der Waals surface area contributed by atoms with Crippen LogP contribution in [-0.4, -0.2) is 42.1 Å². The van der Waals surface area contributed by atoms with Gasteiger partial charge in [0.25, 0.3) is 5.91 Å². The zero-order chi connectivity index (χ0) is 17.8. The van der Waals surface area contributed by atoms with Gasteiger partial charge in [-0.3, -0.25) is 4.79 Å². The third kappa shape index (κ3) is 4.49. The predicted molar refractivity (Wildman–Crippen MR) is 109 cm³/mol. The molecule has 142 valence electrons. The predicted octanol–water partition coefficient (Wildman–Crippen LogP) is 3.65. The zero-order valence-corrected chi connectivity index (χ0v) is 16.8. The Morgan fingerprint density at radius 3 is 2.42 bits per heavy atom. The van der Waals surface area contributed by atoms with E-state index >= 15 is 0 Å². The lowest BCUT2D eigenvalue weighted by Crippen LogP contribution is -2.40. The summed E-state index contributed by atoms with van der Waals surface area (Å²) in [6.45, 7) is 7.76. The third-order valence-electron chi connectivity index (χ3n) is 5.38. The van der Waals surface area contributed by atoms with Crippen LogP contribution >= 0.6 is 12.4 Å². The number of hydrogen-bond donors (Lipinski definition) is 1. The van der Waals surface area contributed by atoms with Crippen LogP contribution in [-0.2, 0) is 6.54 Å². The van der Waals surface area contributed by atoms with Crippen molar-refractivity contribution < 1.29 is 4.79 Å². The van der Waals surface area contributed by atoms with Crippen molar-refractivity contribution >= 4 is 18.3 Å². The quantitative estimate of drug-likeness (QED) is 0.866. The Morgan fingerprint density at radius 1 is 1.15 bits per heavy atom. The van der Waals surface area contributed by atoms with Gasteiger partial charge >= 0.3 is 0 Å². The van der Waals surface area contributed by atoms with Crippen molar-refractivity contribution in [2.24, 2.45) is 5.92 Å². The van der Waals surface area contributed by atoms with E-state index < -0.39 is 0 Å². The molecule has 3 rings (SSSR count). The molecular formula is C21H30ClN3O. The van der Waals surface area contributed by atoms with Crippen LogP contribution in [0.4, 0.5) is 0 Å². The molecule has 1 aromatic carbocycles. The van der Waals surface area contributed by atoms with Crippen molar-refractivity contribution in [1.82, 2.24) is 14.8 Å². The smallest absolute Gasteiger partial charge is 0.255 e. The number of benzene rings is 1. The first-order valence-corrected chi connectivity index (χ1v) is 9.24. The van der Waals surface area contributed by atoms with Crippen LogP contribution in [0, 0.1) is 19.8 Å². The molecule has 1 aromatic heterocycles. The molecule has 0 saturated carbocycles. The molecule has 1 aliphatic rings. The van der Waals surface area contributed by atoms with Crippen molar-refractivity contribution in [3.63, 3.8) is 0 Å². The highest BCUT2D eigenvalue weighted by atomic mass is 35.5. The number of halogens is 1. The molecule has 1 N–H and O–H groups in total. The van der Waals surface area contributed by atoms with Gasteiger partial charge in [-0.05, 0) is 57.8 Å². The normalized spacial score (nSPS) is 15.0. The van der Waals surface area contributed by atoms with Crippen LogP contribution in [0.1, 0.15) is 40.2 Å². The summed E-state index contributed by atoms with van der Waals surface area (Å²) in [5.74, 6) is 0.884. The number of nitrogens with one attached hydrogen (secondary N) is 1. The van der Waals surface area contributed by atoms with Gasteiger partial charge < -0.3 is 14.8 Å². The van der Waals surface area contributed by atoms with Crippen LogP contribution in [0.3, 0.4) is 0 Å². The summed E-state index contributed by atoms with van der Waals surface area (Å²) in [7, 11) is 2.00. The number of rotatable bonds is 5. The van der Waals surface area contributed by atoms with Gasteiger partial charge in [-0.2, -0.15) is 0 Å². The van der Waals surface area contributed by atoms with Gasteiger partial charge in [0.2, 0.25) is 0 Å². The zero-order valence-electron chi connectivity index (χ0n) is 16.0. The minimum absolute atomic E-state index is 0. The van der Waals surface area contributed by atoms with Crippen LogP contribution < -0.4 is 5.32 Å². The molecule has 0 radical (unpaired) electrons. The maximum Gasteiger partial charge on any atom is 0.255 e. The average molecular weight is 376 g/mol. The molecule has 5 heteroatoms. The molecule has 1 amide bonds. The molecule has 0 atom stereocenters. The topological polar surface area (TPSA) is 37.3 Å². The summed E-state index contributed by atoms with van der Waals surface area (Å²) in [5, 5.41) is 3.25. The molecule has 0 bridgehead atoms. The second-order valence-corrected chi connectivity index (χ2v) is 7.15. The van der Waals surface area contributed by atoms with Gasteiger partial charge in [-0.25, -0.2) is 0 Å². The van der Waals surface area contributed by atoms with Gasteiger partial charge in [-0.15, -0.1) is 12.4 Å². The molecular weight excluding hydrogens is 346 g/mol. The van der Waals surface area contributed by atoms with Crippen LogP contribution in [0.15, 0.2) is 36.4 Å². The number of likely N-dealkylation sites (tertiary alicyclic amines) is 1. The molecule has 2 heterocycles. The summed E-state index contributed by atoms with van der Waals surface area (Å²) >= 11 is 0. The summed E-state index contributed by atoms with van der Waals surface area (Å²) in [4.78, 5) is 15.0. The number of carbonyl (C=O) groups excluding carboxylic acids is 1. The molecule has 1 aliphatic heterocycles. The van der Waals surface area contributed by atoms with Gasteiger partial charge in [-0.1, -0.05) is 30.3 Å². The van der Waals surface area contributed by atoms with Crippen LogP contribution in [0.5, 0.6) is 0 Å². The highest BCUT2D eigenvalue weighted by Gasteiger charge is 2.25. The Morgan fingerprint density at radius 2 is 1.81 bits per heavy atom. The van der Waals surface area contributed by atoms with E-state index in [0.717, 1.165) is 56.0 Å². The first kappa shape index (κ1) is 20.5. The van der Waals surface area contributed by atoms with E-state index in [1.54, 1.807) is 0 Å². The maximum absolute atomic E-state index is 13.0. The summed E-state index contributed by atoms with van der Waals surface area (Å²) < 4.78 is 2.25. The molecule has 0 unspecified atom stereocenters. The molecule has 26 heavy (non-hydrogen) atoms. The van der Waals surface area contributed by atoms with Gasteiger partial charge in [0.05, 0.1) is 5.56 Å². The summed E-state index contributed by atoms with van der Waals surface area (Å²) in [6, 6.07) is 12.5. The molecule has 1 fully saturated rings. The van der Waals surface area contributed by atoms with Gasteiger partial charge in [0.15, 0.2) is 0 Å². The van der Waals surface area contributed by atoms with Gasteiger partial charge in [0.1, 0.15) is 0 Å². The largest absolute Gasteiger partial charge is 0.344 e. The maximum atomic E-state index is 13.0. The average Bonchev–Trinajstić information content (AvgIpc) is 2.91. The number of hydrogen-bond acceptors (Lipinski definition) is 2. The monoisotopic (exact) mass is 375 g/mol. The third-order valence-corrected chi connectivity index (χ3v) is 5.38. The second-order valence-electron chi connectivity index (χ2n) is 7.15. The molecule has 0 spiro atoms. The van der Waals surface area contributed by atoms with Crippen LogP contribution in [0.2, 0.25) is 0 Å². The fourth-order valence-electron chi connectivity index (χ4n) is 3.83. The number of carbonyl (C=O) groups is 1. The van der Waals surface area contributed by atoms with Crippen molar-refractivity contribution in [3.8, 4) is 0 Å². The van der Waals surface area contributed by atoms with E-state index in [0.29, 0.717) is 5.92 Å². The molecule has 1 saturated heterocycles. The number of aryl methyl sites for hydroxylation is 1.